The molecular formula is C15H24N4O3. The molecule has 2 atom stereocenters. The van der Waals surface area contributed by atoms with Gasteiger partial charge in [-0.25, -0.2) is 9.78 Å². The summed E-state index contributed by atoms with van der Waals surface area (Å²) in [5.74, 6) is 0. The number of carbonyl (C=O) groups is 2. The number of likely N-dealkylation sites (N-methyl/N-ethyl adjacent to an activating group) is 1. The first-order valence-corrected chi connectivity index (χ1v) is 7.65. The molecule has 1 fully saturated rings. The number of aromatic nitrogens is 2. The molecule has 1 unspecified atom stereocenters. The van der Waals surface area contributed by atoms with Gasteiger partial charge in [0.25, 0.3) is 0 Å². The number of hydrogen-bond donors (Lipinski definition) is 0. The second-order valence-electron chi connectivity index (χ2n) is 5.79. The van der Waals surface area contributed by atoms with Crippen LogP contribution >= 0.6 is 0 Å². The van der Waals surface area contributed by atoms with Crippen LogP contribution in [0.5, 0.6) is 0 Å². The van der Waals surface area contributed by atoms with E-state index in [4.69, 9.17) is 0 Å². The molecule has 7 nitrogen and oxygen atoms in total. The molecule has 1 aliphatic heterocycles. The summed E-state index contributed by atoms with van der Waals surface area (Å²) in [6.07, 6.45) is 6.26. The highest BCUT2D eigenvalue weighted by Crippen LogP contribution is 2.23. The Bertz CT molecular complexity index is 517. The Morgan fingerprint density at radius 1 is 1.64 bits per heavy atom. The zero-order chi connectivity index (χ0) is 16.1. The summed E-state index contributed by atoms with van der Waals surface area (Å²) in [7, 11) is 3.76. The van der Waals surface area contributed by atoms with E-state index >= 15 is 0 Å². The van der Waals surface area contributed by atoms with E-state index in [1.165, 1.54) is 17.7 Å². The first-order chi connectivity index (χ1) is 10.6. The van der Waals surface area contributed by atoms with E-state index in [-0.39, 0.29) is 12.5 Å². The van der Waals surface area contributed by atoms with Gasteiger partial charge in [0.05, 0.1) is 18.1 Å². The lowest BCUT2D eigenvalue weighted by Gasteiger charge is -2.24. The average Bonchev–Trinajstić information content (AvgIpc) is 3.11. The second-order valence-corrected chi connectivity index (χ2v) is 5.79. The summed E-state index contributed by atoms with van der Waals surface area (Å²) >= 11 is 0. The van der Waals surface area contributed by atoms with Crippen LogP contribution in [0.4, 0.5) is 4.79 Å². The normalized spacial score (nSPS) is 19.9. The molecule has 7 heteroatoms. The highest BCUT2D eigenvalue weighted by Gasteiger charge is 2.25. The Balaban J connectivity index is 2.04. The van der Waals surface area contributed by atoms with E-state index in [1.807, 2.05) is 19.4 Å². The van der Waals surface area contributed by atoms with E-state index in [9.17, 15) is 9.59 Å². The smallest absolute Gasteiger partial charge is 0.379 e. The second kappa shape index (κ2) is 7.40. The molecule has 0 bridgehead atoms. The van der Waals surface area contributed by atoms with Gasteiger partial charge in [-0.2, -0.15) is 0 Å². The molecule has 122 valence electrons. The molecule has 0 aliphatic carbocycles. The lowest BCUT2D eigenvalue weighted by molar-refractivity contribution is -0.124. The lowest BCUT2D eigenvalue weighted by Crippen LogP contribution is -2.31. The summed E-state index contributed by atoms with van der Waals surface area (Å²) < 4.78 is 6.47. The summed E-state index contributed by atoms with van der Waals surface area (Å²) in [5, 5.41) is 0. The molecule has 1 aliphatic rings. The van der Waals surface area contributed by atoms with Gasteiger partial charge in [-0.15, -0.1) is 0 Å². The fraction of sp³-hybridized carbons (Fsp3) is 0.667. The maximum atomic E-state index is 11.7. The highest BCUT2D eigenvalue weighted by molar-refractivity contribution is 5.74. The fourth-order valence-corrected chi connectivity index (χ4v) is 3.04. The monoisotopic (exact) mass is 308 g/mol. The molecule has 0 spiro atoms. The molecule has 0 radical (unpaired) electrons. The first kappa shape index (κ1) is 16.5. The van der Waals surface area contributed by atoms with Crippen LogP contribution in [-0.4, -0.2) is 58.6 Å². The van der Waals surface area contributed by atoms with E-state index in [1.54, 1.807) is 7.05 Å². The van der Waals surface area contributed by atoms with Crippen molar-refractivity contribution in [1.82, 2.24) is 19.4 Å². The van der Waals surface area contributed by atoms with Crippen molar-refractivity contribution in [2.75, 3.05) is 20.6 Å². The van der Waals surface area contributed by atoms with Crippen molar-refractivity contribution >= 4 is 12.6 Å². The molecule has 1 saturated heterocycles. The molecule has 2 heterocycles. The van der Waals surface area contributed by atoms with Crippen molar-refractivity contribution < 1.29 is 14.3 Å². The van der Waals surface area contributed by atoms with Crippen LogP contribution in [0.2, 0.25) is 0 Å². The Hall–Kier alpha value is -1.89. The maximum absolute atomic E-state index is 11.7. The number of amides is 1. The van der Waals surface area contributed by atoms with Gasteiger partial charge in [-0.1, -0.05) is 6.92 Å². The number of carbonyl (C=O) groups excluding carboxylic acids is 2. The molecule has 1 aromatic rings. The third-order valence-electron chi connectivity index (χ3n) is 4.38. The maximum Gasteiger partial charge on any atom is 0.417 e. The van der Waals surface area contributed by atoms with Gasteiger partial charge in [0.1, 0.15) is 0 Å². The lowest BCUT2D eigenvalue weighted by atomic mass is 10.1. The van der Waals surface area contributed by atoms with E-state index in [0.29, 0.717) is 12.5 Å². The quantitative estimate of drug-likeness (QED) is 0.590. The van der Waals surface area contributed by atoms with Gasteiger partial charge in [0.15, 0.2) is 0 Å². The third kappa shape index (κ3) is 3.65. The van der Waals surface area contributed by atoms with Gasteiger partial charge >= 0.3 is 12.6 Å². The summed E-state index contributed by atoms with van der Waals surface area (Å²) in [5.41, 5.74) is 0.813. The van der Waals surface area contributed by atoms with Gasteiger partial charge in [0, 0.05) is 25.8 Å². The standard InChI is InChI=1S/C15H24N4O3/c1-4-14(18(3)15(21)22-11-20)13-9-19(10-16-13)8-12-6-5-7-17(12)2/h9-12,14H,4-8H2,1-3H3/t12-,14?/m0/s1. The van der Waals surface area contributed by atoms with Crippen LogP contribution in [0.25, 0.3) is 0 Å². The number of likely N-dealkylation sites (tertiary alicyclic amines) is 1. The minimum Gasteiger partial charge on any atom is -0.379 e. The number of hydrogen-bond acceptors (Lipinski definition) is 5. The Morgan fingerprint density at radius 2 is 2.41 bits per heavy atom. The summed E-state index contributed by atoms with van der Waals surface area (Å²) in [4.78, 5) is 30.2. The van der Waals surface area contributed by atoms with Gasteiger partial charge in [-0.05, 0) is 32.9 Å². The third-order valence-corrected chi connectivity index (χ3v) is 4.38. The molecule has 0 aromatic carbocycles. The molecule has 1 aromatic heterocycles. The minimum absolute atomic E-state index is 0.153. The number of imidazole rings is 1. The predicted molar refractivity (Wildman–Crippen MR) is 81.2 cm³/mol. The summed E-state index contributed by atoms with van der Waals surface area (Å²) in [6.45, 7) is 4.17. The van der Waals surface area contributed by atoms with Crippen molar-refractivity contribution in [2.45, 2.75) is 44.8 Å². The Morgan fingerprint density at radius 3 is 3.00 bits per heavy atom. The van der Waals surface area contributed by atoms with Gasteiger partial charge < -0.3 is 19.1 Å². The average molecular weight is 308 g/mol. The largest absolute Gasteiger partial charge is 0.417 e. The van der Waals surface area contributed by atoms with Crippen LogP contribution in [0.3, 0.4) is 0 Å². The molecule has 22 heavy (non-hydrogen) atoms. The molecule has 1 amide bonds. The Kier molecular flexibility index (Phi) is 5.54. The highest BCUT2D eigenvalue weighted by atomic mass is 16.6. The van der Waals surface area contributed by atoms with E-state index in [2.05, 4.69) is 26.2 Å². The number of nitrogens with zero attached hydrogens (tertiary/aromatic N) is 4. The van der Waals surface area contributed by atoms with Crippen molar-refractivity contribution in [1.29, 1.82) is 0 Å². The fourth-order valence-electron chi connectivity index (χ4n) is 3.04. The molecule has 0 N–H and O–H groups in total. The van der Waals surface area contributed by atoms with Crippen LogP contribution in [0, 0.1) is 0 Å². The van der Waals surface area contributed by atoms with Crippen LogP contribution in [-0.2, 0) is 16.1 Å². The van der Waals surface area contributed by atoms with Crippen LogP contribution < -0.4 is 0 Å². The van der Waals surface area contributed by atoms with Crippen molar-refractivity contribution in [2.24, 2.45) is 0 Å². The molecule has 2 rings (SSSR count). The molecule has 0 saturated carbocycles. The minimum atomic E-state index is -0.660. The zero-order valence-electron chi connectivity index (χ0n) is 13.4. The van der Waals surface area contributed by atoms with E-state index < -0.39 is 6.09 Å². The van der Waals surface area contributed by atoms with Crippen molar-refractivity contribution in [3.8, 4) is 0 Å². The van der Waals surface area contributed by atoms with Gasteiger partial charge in [-0.3, -0.25) is 4.79 Å². The van der Waals surface area contributed by atoms with Gasteiger partial charge in [0.2, 0.25) is 0 Å². The number of rotatable bonds is 6. The topological polar surface area (TPSA) is 67.7 Å². The van der Waals surface area contributed by atoms with Crippen molar-refractivity contribution in [3.05, 3.63) is 18.2 Å². The molecular weight excluding hydrogens is 284 g/mol. The predicted octanol–water partition coefficient (Wildman–Crippen LogP) is 1.65. The van der Waals surface area contributed by atoms with Crippen molar-refractivity contribution in [3.63, 3.8) is 0 Å². The number of ether oxygens (including phenoxy) is 1. The first-order valence-electron chi connectivity index (χ1n) is 7.65. The summed E-state index contributed by atoms with van der Waals surface area (Å²) in [6, 6.07) is 0.342. The SMILES string of the molecule is CCC(c1cn(C[C@@H]2CCCN2C)cn1)N(C)C(=O)OC=O. The van der Waals surface area contributed by atoms with E-state index in [0.717, 1.165) is 18.8 Å². The van der Waals surface area contributed by atoms with Crippen LogP contribution in [0.1, 0.15) is 37.9 Å². The Labute approximate surface area is 130 Å². The zero-order valence-corrected chi connectivity index (χ0v) is 13.4. The van der Waals surface area contributed by atoms with Crippen LogP contribution in [0.15, 0.2) is 12.5 Å².